The fourth-order valence-electron chi connectivity index (χ4n) is 3.28. The molecule has 0 spiro atoms. The van der Waals surface area contributed by atoms with E-state index in [4.69, 9.17) is 4.74 Å². The lowest BCUT2D eigenvalue weighted by Gasteiger charge is -2.09. The molecule has 0 amide bonds. The van der Waals surface area contributed by atoms with Gasteiger partial charge in [-0.3, -0.25) is 4.79 Å². The first-order chi connectivity index (χ1) is 13.5. The van der Waals surface area contributed by atoms with Crippen LogP contribution in [-0.2, 0) is 18.3 Å². The number of benzene rings is 1. The van der Waals surface area contributed by atoms with Crippen molar-refractivity contribution in [3.63, 3.8) is 0 Å². The van der Waals surface area contributed by atoms with Gasteiger partial charge < -0.3 is 13.9 Å². The van der Waals surface area contributed by atoms with Gasteiger partial charge in [0.05, 0.1) is 5.75 Å². The van der Waals surface area contributed by atoms with E-state index in [1.54, 1.807) is 7.11 Å². The first kappa shape index (κ1) is 20.4. The maximum atomic E-state index is 12.8. The Labute approximate surface area is 169 Å². The third kappa shape index (κ3) is 4.36. The Morgan fingerprint density at radius 2 is 1.93 bits per heavy atom. The average Bonchev–Trinajstić information content (AvgIpc) is 3.21. The first-order valence-corrected chi connectivity index (χ1v) is 10.3. The molecule has 7 heteroatoms. The molecule has 0 atom stereocenters. The standard InChI is InChI=1S/C21H26N4O2S/c1-15-13-18(16(2)25(15)11-8-12-27-4)19(26)14-28-21-23-22-20(24(21)3)17-9-6-5-7-10-17/h5-7,9-10,13H,8,11-12,14H2,1-4H3. The minimum absolute atomic E-state index is 0.111. The number of ketones is 1. The molecule has 1 aromatic carbocycles. The van der Waals surface area contributed by atoms with Crippen LogP contribution in [0.15, 0.2) is 41.6 Å². The maximum absolute atomic E-state index is 12.8. The molecule has 3 rings (SSSR count). The van der Waals surface area contributed by atoms with Gasteiger partial charge in [0.2, 0.25) is 0 Å². The Morgan fingerprint density at radius 3 is 2.64 bits per heavy atom. The van der Waals surface area contributed by atoms with Crippen LogP contribution in [0.4, 0.5) is 0 Å². The van der Waals surface area contributed by atoms with Gasteiger partial charge in [0.1, 0.15) is 0 Å². The van der Waals surface area contributed by atoms with E-state index in [0.29, 0.717) is 12.4 Å². The van der Waals surface area contributed by atoms with Crippen molar-refractivity contribution >= 4 is 17.5 Å². The lowest BCUT2D eigenvalue weighted by molar-refractivity contribution is 0.102. The second kappa shape index (κ2) is 9.21. The first-order valence-electron chi connectivity index (χ1n) is 9.29. The van der Waals surface area contributed by atoms with E-state index in [-0.39, 0.29) is 5.78 Å². The molecule has 0 aliphatic heterocycles. The molecule has 0 aliphatic rings. The smallest absolute Gasteiger partial charge is 0.191 e. The van der Waals surface area contributed by atoms with Gasteiger partial charge in [0.25, 0.3) is 0 Å². The van der Waals surface area contributed by atoms with Crippen LogP contribution < -0.4 is 0 Å². The van der Waals surface area contributed by atoms with Crippen LogP contribution in [0.25, 0.3) is 11.4 Å². The van der Waals surface area contributed by atoms with Crippen molar-refractivity contribution in [1.29, 1.82) is 0 Å². The molecule has 0 aliphatic carbocycles. The summed E-state index contributed by atoms with van der Waals surface area (Å²) in [4.78, 5) is 12.8. The van der Waals surface area contributed by atoms with Crippen molar-refractivity contribution in [3.05, 3.63) is 53.3 Å². The van der Waals surface area contributed by atoms with Crippen LogP contribution in [0.5, 0.6) is 0 Å². The van der Waals surface area contributed by atoms with Crippen LogP contribution in [0.2, 0.25) is 0 Å². The van der Waals surface area contributed by atoms with Crippen LogP contribution in [-0.4, -0.2) is 44.6 Å². The number of aromatic nitrogens is 4. The van der Waals surface area contributed by atoms with Gasteiger partial charge in [-0.05, 0) is 26.3 Å². The summed E-state index contributed by atoms with van der Waals surface area (Å²) in [6.45, 7) is 5.62. The number of carbonyl (C=O) groups is 1. The van der Waals surface area contributed by atoms with E-state index in [9.17, 15) is 4.79 Å². The van der Waals surface area contributed by atoms with Crippen molar-refractivity contribution < 1.29 is 9.53 Å². The van der Waals surface area contributed by atoms with E-state index >= 15 is 0 Å². The van der Waals surface area contributed by atoms with Crippen LogP contribution in [0, 0.1) is 13.8 Å². The summed E-state index contributed by atoms with van der Waals surface area (Å²) in [5.41, 5.74) is 3.91. The molecule has 6 nitrogen and oxygen atoms in total. The Hall–Kier alpha value is -2.38. The van der Waals surface area contributed by atoms with Gasteiger partial charge in [0.15, 0.2) is 16.8 Å². The summed E-state index contributed by atoms with van der Waals surface area (Å²) in [5.74, 6) is 1.25. The Bertz CT molecular complexity index is 947. The molecule has 0 unspecified atom stereocenters. The quantitative estimate of drug-likeness (QED) is 0.311. The predicted octanol–water partition coefficient (Wildman–Crippen LogP) is 3.91. The molecule has 0 N–H and O–H groups in total. The third-order valence-electron chi connectivity index (χ3n) is 4.80. The van der Waals surface area contributed by atoms with Crippen molar-refractivity contribution in [3.8, 4) is 11.4 Å². The number of aryl methyl sites for hydroxylation is 1. The molecule has 0 radical (unpaired) electrons. The molecular formula is C21H26N4O2S. The van der Waals surface area contributed by atoms with E-state index in [1.807, 2.05) is 61.9 Å². The number of Topliss-reactive ketones (excluding diaryl/α,β-unsaturated/α-hetero) is 1. The van der Waals surface area contributed by atoms with Crippen LogP contribution in [0.1, 0.15) is 28.2 Å². The average molecular weight is 399 g/mol. The molecule has 0 fully saturated rings. The molecule has 148 valence electrons. The minimum Gasteiger partial charge on any atom is -0.385 e. The number of carbonyl (C=O) groups excluding carboxylic acids is 1. The largest absolute Gasteiger partial charge is 0.385 e. The van der Waals surface area contributed by atoms with Gasteiger partial charge in [-0.25, -0.2) is 0 Å². The maximum Gasteiger partial charge on any atom is 0.191 e. The highest BCUT2D eigenvalue weighted by Crippen LogP contribution is 2.24. The third-order valence-corrected chi connectivity index (χ3v) is 5.82. The highest BCUT2D eigenvalue weighted by Gasteiger charge is 2.18. The minimum atomic E-state index is 0.111. The normalized spacial score (nSPS) is 11.1. The zero-order valence-corrected chi connectivity index (χ0v) is 17.6. The molecule has 2 heterocycles. The Morgan fingerprint density at radius 1 is 1.18 bits per heavy atom. The number of ether oxygens (including phenoxy) is 1. The van der Waals surface area contributed by atoms with Crippen molar-refractivity contribution in [2.45, 2.75) is 32.0 Å². The van der Waals surface area contributed by atoms with Crippen LogP contribution >= 0.6 is 11.8 Å². The number of hydrogen-bond donors (Lipinski definition) is 0. The van der Waals surface area contributed by atoms with Crippen molar-refractivity contribution in [2.24, 2.45) is 7.05 Å². The highest BCUT2D eigenvalue weighted by molar-refractivity contribution is 7.99. The van der Waals surface area contributed by atoms with E-state index in [0.717, 1.165) is 46.5 Å². The lowest BCUT2D eigenvalue weighted by atomic mass is 10.2. The Kier molecular flexibility index (Phi) is 6.70. The van der Waals surface area contributed by atoms with E-state index < -0.39 is 0 Å². The number of nitrogens with zero attached hydrogens (tertiary/aromatic N) is 4. The molecular weight excluding hydrogens is 372 g/mol. The van der Waals surface area contributed by atoms with Crippen molar-refractivity contribution in [1.82, 2.24) is 19.3 Å². The zero-order valence-electron chi connectivity index (χ0n) is 16.8. The predicted molar refractivity (Wildman–Crippen MR) is 112 cm³/mol. The molecule has 28 heavy (non-hydrogen) atoms. The van der Waals surface area contributed by atoms with Gasteiger partial charge in [-0.1, -0.05) is 42.1 Å². The second-order valence-corrected chi connectivity index (χ2v) is 7.67. The summed E-state index contributed by atoms with van der Waals surface area (Å²) in [6, 6.07) is 11.9. The zero-order chi connectivity index (χ0) is 20.1. The molecule has 2 aromatic heterocycles. The molecule has 0 bridgehead atoms. The second-order valence-electron chi connectivity index (χ2n) is 6.73. The molecule has 3 aromatic rings. The summed E-state index contributed by atoms with van der Waals surface area (Å²) in [6.07, 6.45) is 0.927. The van der Waals surface area contributed by atoms with E-state index in [1.165, 1.54) is 11.8 Å². The summed E-state index contributed by atoms with van der Waals surface area (Å²) >= 11 is 1.42. The number of thioether (sulfide) groups is 1. The SMILES string of the molecule is COCCCn1c(C)cc(C(=O)CSc2nnc(-c3ccccc3)n2C)c1C. The number of rotatable bonds is 9. The van der Waals surface area contributed by atoms with Crippen LogP contribution in [0.3, 0.4) is 0 Å². The summed E-state index contributed by atoms with van der Waals surface area (Å²) < 4.78 is 9.25. The molecule has 0 saturated heterocycles. The topological polar surface area (TPSA) is 61.9 Å². The van der Waals surface area contributed by atoms with Gasteiger partial charge >= 0.3 is 0 Å². The summed E-state index contributed by atoms with van der Waals surface area (Å²) in [5, 5.41) is 9.27. The fraction of sp³-hybridized carbons (Fsp3) is 0.381. The number of hydrogen-bond acceptors (Lipinski definition) is 5. The summed E-state index contributed by atoms with van der Waals surface area (Å²) in [7, 11) is 3.63. The fourth-order valence-corrected chi connectivity index (χ4v) is 4.08. The van der Waals surface area contributed by atoms with Gasteiger partial charge in [-0.15, -0.1) is 10.2 Å². The Balaban J connectivity index is 1.68. The monoisotopic (exact) mass is 398 g/mol. The highest BCUT2D eigenvalue weighted by atomic mass is 32.2. The van der Waals surface area contributed by atoms with Gasteiger partial charge in [0, 0.05) is 49.8 Å². The molecule has 0 saturated carbocycles. The lowest BCUT2D eigenvalue weighted by Crippen LogP contribution is -2.08. The van der Waals surface area contributed by atoms with Gasteiger partial charge in [-0.2, -0.15) is 0 Å². The van der Waals surface area contributed by atoms with Crippen molar-refractivity contribution in [2.75, 3.05) is 19.5 Å². The van der Waals surface area contributed by atoms with E-state index in [2.05, 4.69) is 14.8 Å². The number of methoxy groups -OCH3 is 1.